The maximum atomic E-state index is 12.1. The lowest BCUT2D eigenvalue weighted by Crippen LogP contribution is -2.31. The van der Waals surface area contributed by atoms with E-state index in [9.17, 15) is 14.4 Å². The zero-order valence-electron chi connectivity index (χ0n) is 11.3. The molecule has 1 aliphatic heterocycles. The summed E-state index contributed by atoms with van der Waals surface area (Å²) in [6.07, 6.45) is 0.357. The van der Waals surface area contributed by atoms with Crippen LogP contribution in [0.4, 0.5) is 5.69 Å². The molecule has 5 heteroatoms. The van der Waals surface area contributed by atoms with Gasteiger partial charge < -0.3 is 4.90 Å². The molecule has 0 N–H and O–H groups in total. The molecule has 1 aromatic carbocycles. The molecule has 0 aliphatic carbocycles. The molecule has 1 heterocycles. The third-order valence-corrected chi connectivity index (χ3v) is 3.31. The summed E-state index contributed by atoms with van der Waals surface area (Å²) in [5.74, 6) is -0.731. The number of amides is 3. The van der Waals surface area contributed by atoms with Gasteiger partial charge in [0.15, 0.2) is 0 Å². The van der Waals surface area contributed by atoms with Crippen LogP contribution >= 0.6 is 0 Å². The molecule has 1 aromatic rings. The summed E-state index contributed by atoms with van der Waals surface area (Å²) in [5.41, 5.74) is 1.22. The van der Waals surface area contributed by atoms with Crippen LogP contribution in [0.3, 0.4) is 0 Å². The van der Waals surface area contributed by atoms with Crippen LogP contribution in [0, 0.1) is 0 Å². The first-order valence-electron chi connectivity index (χ1n) is 6.28. The van der Waals surface area contributed by atoms with Crippen molar-refractivity contribution in [1.29, 1.82) is 0 Å². The van der Waals surface area contributed by atoms with Crippen LogP contribution in [0.1, 0.15) is 41.0 Å². The molecule has 5 nitrogen and oxygen atoms in total. The summed E-state index contributed by atoms with van der Waals surface area (Å²) in [7, 11) is 1.45. The van der Waals surface area contributed by atoms with E-state index in [1.807, 2.05) is 6.92 Å². The maximum absolute atomic E-state index is 12.1. The summed E-state index contributed by atoms with van der Waals surface area (Å²) < 4.78 is 0. The Morgan fingerprint density at radius 2 is 1.89 bits per heavy atom. The van der Waals surface area contributed by atoms with Crippen LogP contribution < -0.4 is 4.90 Å². The van der Waals surface area contributed by atoms with E-state index in [4.69, 9.17) is 0 Å². The van der Waals surface area contributed by atoms with Crippen LogP contribution in [0.15, 0.2) is 18.2 Å². The van der Waals surface area contributed by atoms with Gasteiger partial charge >= 0.3 is 0 Å². The van der Waals surface area contributed by atoms with Crippen molar-refractivity contribution in [2.75, 3.05) is 18.5 Å². The standard InChI is InChI=1S/C14H16N2O3/c1-4-11(17)16(5-2)10-8-6-7-9-12(10)14(19)15(3)13(9)18/h6-8H,4-5H2,1-3H3. The number of rotatable bonds is 3. The topological polar surface area (TPSA) is 57.7 Å². The Morgan fingerprint density at radius 1 is 1.21 bits per heavy atom. The zero-order chi connectivity index (χ0) is 14.2. The number of carbonyl (C=O) groups is 3. The normalized spacial score (nSPS) is 13.7. The molecule has 0 unspecified atom stereocenters. The second-order valence-electron chi connectivity index (χ2n) is 4.36. The van der Waals surface area contributed by atoms with Crippen molar-refractivity contribution in [3.8, 4) is 0 Å². The third-order valence-electron chi connectivity index (χ3n) is 3.31. The van der Waals surface area contributed by atoms with E-state index in [2.05, 4.69) is 0 Å². The zero-order valence-corrected chi connectivity index (χ0v) is 11.3. The van der Waals surface area contributed by atoms with E-state index in [1.54, 1.807) is 30.0 Å². The predicted octanol–water partition coefficient (Wildman–Crippen LogP) is 1.68. The Balaban J connectivity index is 2.59. The summed E-state index contributed by atoms with van der Waals surface area (Å²) in [5, 5.41) is 0. The lowest BCUT2D eigenvalue weighted by Gasteiger charge is -2.22. The lowest BCUT2D eigenvalue weighted by molar-refractivity contribution is -0.118. The van der Waals surface area contributed by atoms with Crippen molar-refractivity contribution >= 4 is 23.4 Å². The van der Waals surface area contributed by atoms with Gasteiger partial charge in [-0.25, -0.2) is 0 Å². The minimum Gasteiger partial charge on any atom is -0.312 e. The molecular formula is C14H16N2O3. The molecule has 0 radical (unpaired) electrons. The van der Waals surface area contributed by atoms with Crippen molar-refractivity contribution in [2.24, 2.45) is 0 Å². The van der Waals surface area contributed by atoms with Crippen LogP contribution in [-0.4, -0.2) is 36.2 Å². The van der Waals surface area contributed by atoms with Gasteiger partial charge in [0.2, 0.25) is 5.91 Å². The molecule has 0 aromatic heterocycles. The van der Waals surface area contributed by atoms with Gasteiger partial charge in [-0.2, -0.15) is 0 Å². The van der Waals surface area contributed by atoms with Gasteiger partial charge in [-0.1, -0.05) is 13.0 Å². The smallest absolute Gasteiger partial charge is 0.263 e. The molecule has 100 valence electrons. The number of nitrogens with zero attached hydrogens (tertiary/aromatic N) is 2. The van der Waals surface area contributed by atoms with Crippen molar-refractivity contribution < 1.29 is 14.4 Å². The van der Waals surface area contributed by atoms with Crippen LogP contribution in [0.2, 0.25) is 0 Å². The molecule has 0 saturated carbocycles. The first-order valence-corrected chi connectivity index (χ1v) is 6.28. The van der Waals surface area contributed by atoms with Gasteiger partial charge in [-0.05, 0) is 19.1 Å². The van der Waals surface area contributed by atoms with Crippen molar-refractivity contribution in [3.63, 3.8) is 0 Å². The highest BCUT2D eigenvalue weighted by molar-refractivity contribution is 6.24. The maximum Gasteiger partial charge on any atom is 0.263 e. The minimum absolute atomic E-state index is 0.0642. The van der Waals surface area contributed by atoms with E-state index in [-0.39, 0.29) is 17.7 Å². The summed E-state index contributed by atoms with van der Waals surface area (Å²) >= 11 is 0. The molecular weight excluding hydrogens is 244 g/mol. The highest BCUT2D eigenvalue weighted by Crippen LogP contribution is 2.31. The van der Waals surface area contributed by atoms with Crippen LogP contribution in [-0.2, 0) is 4.79 Å². The highest BCUT2D eigenvalue weighted by atomic mass is 16.2. The fourth-order valence-corrected chi connectivity index (χ4v) is 2.28. The van der Waals surface area contributed by atoms with Crippen molar-refractivity contribution in [1.82, 2.24) is 4.90 Å². The number of benzene rings is 1. The molecule has 0 saturated heterocycles. The minimum atomic E-state index is -0.349. The molecule has 19 heavy (non-hydrogen) atoms. The van der Waals surface area contributed by atoms with Crippen LogP contribution in [0.5, 0.6) is 0 Å². The fraction of sp³-hybridized carbons (Fsp3) is 0.357. The predicted molar refractivity (Wildman–Crippen MR) is 71.2 cm³/mol. The van der Waals surface area contributed by atoms with Gasteiger partial charge in [0.1, 0.15) is 0 Å². The first kappa shape index (κ1) is 13.3. The number of hydrogen-bond donors (Lipinski definition) is 0. The average molecular weight is 260 g/mol. The van der Waals surface area contributed by atoms with Gasteiger partial charge in [0.25, 0.3) is 11.8 Å². The van der Waals surface area contributed by atoms with E-state index >= 15 is 0 Å². The Bertz CT molecular complexity index is 566. The quantitative estimate of drug-likeness (QED) is 0.777. The monoisotopic (exact) mass is 260 g/mol. The molecule has 0 atom stereocenters. The molecule has 3 amide bonds. The summed E-state index contributed by atoms with van der Waals surface area (Å²) in [6, 6.07) is 5.02. The Morgan fingerprint density at radius 3 is 2.47 bits per heavy atom. The van der Waals surface area contributed by atoms with Crippen molar-refractivity contribution in [3.05, 3.63) is 29.3 Å². The molecule has 2 rings (SSSR count). The number of anilines is 1. The number of hydrogen-bond acceptors (Lipinski definition) is 3. The summed E-state index contributed by atoms with van der Waals surface area (Å²) in [6.45, 7) is 4.08. The average Bonchev–Trinajstić information content (AvgIpc) is 2.65. The summed E-state index contributed by atoms with van der Waals surface area (Å²) in [4.78, 5) is 38.6. The molecule has 0 bridgehead atoms. The second kappa shape index (κ2) is 4.84. The van der Waals surface area contributed by atoms with Gasteiger partial charge in [0.05, 0.1) is 16.8 Å². The Kier molecular flexibility index (Phi) is 3.38. The van der Waals surface area contributed by atoms with Crippen molar-refractivity contribution in [2.45, 2.75) is 20.3 Å². The third kappa shape index (κ3) is 1.91. The van der Waals surface area contributed by atoms with Crippen LogP contribution in [0.25, 0.3) is 0 Å². The SMILES string of the molecule is CCC(=O)N(CC)c1cccc2c1C(=O)N(C)C2=O. The Hall–Kier alpha value is -2.17. The lowest BCUT2D eigenvalue weighted by atomic mass is 10.1. The number of imide groups is 1. The molecule has 1 aliphatic rings. The van der Waals surface area contributed by atoms with Gasteiger partial charge in [0, 0.05) is 20.0 Å². The molecule has 0 spiro atoms. The first-order chi connectivity index (χ1) is 9.02. The van der Waals surface area contributed by atoms with E-state index in [1.165, 1.54) is 7.05 Å². The fourth-order valence-electron chi connectivity index (χ4n) is 2.28. The van der Waals surface area contributed by atoms with E-state index in [0.29, 0.717) is 29.8 Å². The van der Waals surface area contributed by atoms with Gasteiger partial charge in [-0.15, -0.1) is 0 Å². The van der Waals surface area contributed by atoms with Gasteiger partial charge in [-0.3, -0.25) is 19.3 Å². The number of fused-ring (bicyclic) bond motifs is 1. The number of carbonyl (C=O) groups excluding carboxylic acids is 3. The Labute approximate surface area is 111 Å². The van der Waals surface area contributed by atoms with E-state index < -0.39 is 0 Å². The second-order valence-corrected chi connectivity index (χ2v) is 4.36. The highest BCUT2D eigenvalue weighted by Gasteiger charge is 2.36. The molecule has 0 fully saturated rings. The largest absolute Gasteiger partial charge is 0.312 e. The van der Waals surface area contributed by atoms with E-state index in [0.717, 1.165) is 4.90 Å².